The van der Waals surface area contributed by atoms with Gasteiger partial charge in [0, 0.05) is 36.2 Å². The van der Waals surface area contributed by atoms with Gasteiger partial charge in [0.05, 0.1) is 18.3 Å². The molecule has 1 aliphatic rings. The summed E-state index contributed by atoms with van der Waals surface area (Å²) < 4.78 is 5.44. The average Bonchev–Trinajstić information content (AvgIpc) is 3.39. The Morgan fingerprint density at radius 3 is 2.78 bits per heavy atom. The molecule has 3 aromatic rings. The molecule has 36 heavy (non-hydrogen) atoms. The summed E-state index contributed by atoms with van der Waals surface area (Å²) in [7, 11) is 0. The highest BCUT2D eigenvalue weighted by Crippen LogP contribution is 2.23. The van der Waals surface area contributed by atoms with Crippen LogP contribution in [0, 0.1) is 5.92 Å². The van der Waals surface area contributed by atoms with Crippen LogP contribution in [0.15, 0.2) is 48.8 Å². The van der Waals surface area contributed by atoms with Crippen LogP contribution in [0.25, 0.3) is 10.9 Å². The molecular formula is C26H32N6O4. The van der Waals surface area contributed by atoms with E-state index in [1.165, 1.54) is 0 Å². The molecule has 4 N–H and O–H groups in total. The molecule has 1 aliphatic carbocycles. The number of hydrogen-bond donors (Lipinski definition) is 4. The molecule has 1 fully saturated rings. The molecule has 0 unspecified atom stereocenters. The molecule has 0 saturated heterocycles. The van der Waals surface area contributed by atoms with Crippen molar-refractivity contribution in [2.75, 3.05) is 25.0 Å². The zero-order valence-corrected chi connectivity index (χ0v) is 20.2. The summed E-state index contributed by atoms with van der Waals surface area (Å²) in [4.78, 5) is 42.6. The van der Waals surface area contributed by atoms with E-state index in [-0.39, 0.29) is 30.9 Å². The molecule has 1 saturated carbocycles. The van der Waals surface area contributed by atoms with Crippen molar-refractivity contribution in [1.82, 2.24) is 25.8 Å². The molecule has 2 aromatic heterocycles. The summed E-state index contributed by atoms with van der Waals surface area (Å²) in [6.07, 6.45) is 8.66. The Morgan fingerprint density at radius 1 is 1.11 bits per heavy atom. The molecule has 0 aliphatic heterocycles. The minimum atomic E-state index is -0.968. The number of nitrogens with zero attached hydrogens (tertiary/aromatic N) is 2. The van der Waals surface area contributed by atoms with Crippen molar-refractivity contribution >= 4 is 34.5 Å². The fraction of sp³-hybridized carbons (Fsp3) is 0.423. The number of nitrogens with one attached hydrogen (secondary N) is 4. The molecule has 2 heterocycles. The number of esters is 1. The van der Waals surface area contributed by atoms with Crippen LogP contribution in [0.5, 0.6) is 0 Å². The molecule has 4 rings (SSSR count). The van der Waals surface area contributed by atoms with Gasteiger partial charge in [-0.1, -0.05) is 25.3 Å². The van der Waals surface area contributed by atoms with Crippen LogP contribution in [0.4, 0.5) is 5.82 Å². The maximum absolute atomic E-state index is 12.9. The first-order chi connectivity index (χ1) is 17.6. The number of benzene rings is 1. The third-order valence-corrected chi connectivity index (χ3v) is 6.28. The number of fused-ring (bicyclic) bond motifs is 1. The van der Waals surface area contributed by atoms with Gasteiger partial charge in [0.25, 0.3) is 5.91 Å². The van der Waals surface area contributed by atoms with Crippen LogP contribution in [0.3, 0.4) is 0 Å². The lowest BCUT2D eigenvalue weighted by Gasteiger charge is -2.24. The Morgan fingerprint density at radius 2 is 1.97 bits per heavy atom. The van der Waals surface area contributed by atoms with Gasteiger partial charge in [-0.15, -0.1) is 0 Å². The fourth-order valence-corrected chi connectivity index (χ4v) is 4.26. The number of carbonyl (C=O) groups excluding carboxylic acids is 3. The predicted octanol–water partition coefficient (Wildman–Crippen LogP) is 2.80. The van der Waals surface area contributed by atoms with E-state index < -0.39 is 12.0 Å². The first kappa shape index (κ1) is 25.2. The Kier molecular flexibility index (Phi) is 8.85. The van der Waals surface area contributed by atoms with Crippen LogP contribution < -0.4 is 16.0 Å². The Labute approximate surface area is 209 Å². The minimum absolute atomic E-state index is 0.0638. The fourth-order valence-electron chi connectivity index (χ4n) is 4.26. The van der Waals surface area contributed by atoms with E-state index >= 15 is 0 Å². The smallest absolute Gasteiger partial charge is 0.330 e. The van der Waals surface area contributed by atoms with E-state index in [0.717, 1.165) is 48.8 Å². The van der Waals surface area contributed by atoms with Crippen LogP contribution >= 0.6 is 0 Å². The maximum atomic E-state index is 12.9. The quantitative estimate of drug-likeness (QED) is 0.238. The first-order valence-corrected chi connectivity index (χ1v) is 12.4. The summed E-state index contributed by atoms with van der Waals surface area (Å²) in [5, 5.41) is 16.3. The van der Waals surface area contributed by atoms with Crippen LogP contribution in [-0.4, -0.2) is 58.7 Å². The lowest BCUT2D eigenvalue weighted by atomic mass is 9.88. The van der Waals surface area contributed by atoms with E-state index in [1.807, 2.05) is 18.2 Å². The molecule has 1 atom stereocenters. The number of anilines is 1. The number of ether oxygens (including phenoxy) is 1. The average molecular weight is 493 g/mol. The zero-order valence-electron chi connectivity index (χ0n) is 20.2. The second kappa shape index (κ2) is 12.7. The van der Waals surface area contributed by atoms with E-state index in [1.54, 1.807) is 30.6 Å². The highest BCUT2D eigenvalue weighted by Gasteiger charge is 2.28. The van der Waals surface area contributed by atoms with E-state index in [2.05, 4.69) is 31.1 Å². The molecule has 190 valence electrons. The number of H-pyrrole nitrogens is 1. The van der Waals surface area contributed by atoms with Crippen molar-refractivity contribution < 1.29 is 19.1 Å². The number of hydrogen-bond acceptors (Lipinski definition) is 7. The second-order valence-corrected chi connectivity index (χ2v) is 8.94. The molecule has 2 amide bonds. The minimum Gasteiger partial charge on any atom is -0.464 e. The van der Waals surface area contributed by atoms with Gasteiger partial charge in [0.2, 0.25) is 5.91 Å². The topological polar surface area (TPSA) is 138 Å². The van der Waals surface area contributed by atoms with Gasteiger partial charge in [-0.25, -0.2) is 9.78 Å². The third kappa shape index (κ3) is 7.03. The van der Waals surface area contributed by atoms with Crippen molar-refractivity contribution in [3.8, 4) is 0 Å². The summed E-state index contributed by atoms with van der Waals surface area (Å²) in [5.41, 5.74) is 1.26. The number of rotatable bonds is 11. The molecule has 1 aromatic carbocycles. The summed E-state index contributed by atoms with van der Waals surface area (Å²) in [6, 6.07) is 9.78. The molecule has 10 heteroatoms. The SMILES string of the molecule is O=C(NC[C@H](NC(=O)C1CCCCC1)C(=O)OCCCNc1ccccn1)c1ccc2[nH]ncc2c1. The van der Waals surface area contributed by atoms with Gasteiger partial charge in [-0.2, -0.15) is 5.10 Å². The predicted molar refractivity (Wildman–Crippen MR) is 135 cm³/mol. The third-order valence-electron chi connectivity index (χ3n) is 6.28. The van der Waals surface area contributed by atoms with E-state index in [4.69, 9.17) is 4.74 Å². The number of aromatic amines is 1. The van der Waals surface area contributed by atoms with Crippen molar-refractivity contribution in [3.63, 3.8) is 0 Å². The van der Waals surface area contributed by atoms with Crippen molar-refractivity contribution in [2.45, 2.75) is 44.6 Å². The molecule has 0 radical (unpaired) electrons. The molecular weight excluding hydrogens is 460 g/mol. The normalized spacial score (nSPS) is 14.7. The summed E-state index contributed by atoms with van der Waals surface area (Å²) >= 11 is 0. The second-order valence-electron chi connectivity index (χ2n) is 8.94. The van der Waals surface area contributed by atoms with Crippen molar-refractivity contribution in [1.29, 1.82) is 0 Å². The van der Waals surface area contributed by atoms with Gasteiger partial charge >= 0.3 is 5.97 Å². The zero-order chi connectivity index (χ0) is 25.2. The van der Waals surface area contributed by atoms with Gasteiger partial charge in [-0.05, 0) is 49.6 Å². The van der Waals surface area contributed by atoms with Crippen LogP contribution in [0.2, 0.25) is 0 Å². The summed E-state index contributed by atoms with van der Waals surface area (Å²) in [5.74, 6) is -0.443. The monoisotopic (exact) mass is 492 g/mol. The van der Waals surface area contributed by atoms with Crippen LogP contribution in [-0.2, 0) is 14.3 Å². The van der Waals surface area contributed by atoms with Gasteiger partial charge in [-0.3, -0.25) is 14.7 Å². The Balaban J connectivity index is 1.31. The highest BCUT2D eigenvalue weighted by atomic mass is 16.5. The number of carbonyl (C=O) groups is 3. The van der Waals surface area contributed by atoms with Crippen molar-refractivity contribution in [2.24, 2.45) is 5.92 Å². The lowest BCUT2D eigenvalue weighted by Crippen LogP contribution is -2.51. The van der Waals surface area contributed by atoms with E-state index in [0.29, 0.717) is 18.5 Å². The van der Waals surface area contributed by atoms with Gasteiger partial charge in [0.15, 0.2) is 0 Å². The Hall–Kier alpha value is -3.95. The summed E-state index contributed by atoms with van der Waals surface area (Å²) in [6.45, 7) is 0.696. The van der Waals surface area contributed by atoms with Crippen LogP contribution in [0.1, 0.15) is 48.9 Å². The first-order valence-electron chi connectivity index (χ1n) is 12.4. The van der Waals surface area contributed by atoms with E-state index in [9.17, 15) is 14.4 Å². The van der Waals surface area contributed by atoms with Gasteiger partial charge in [0.1, 0.15) is 11.9 Å². The number of aromatic nitrogens is 3. The lowest BCUT2D eigenvalue weighted by molar-refractivity contribution is -0.148. The largest absolute Gasteiger partial charge is 0.464 e. The number of pyridine rings is 1. The number of amides is 2. The Bertz CT molecular complexity index is 1160. The molecule has 0 bridgehead atoms. The van der Waals surface area contributed by atoms with Gasteiger partial charge < -0.3 is 20.7 Å². The molecule has 10 nitrogen and oxygen atoms in total. The van der Waals surface area contributed by atoms with Crippen molar-refractivity contribution in [3.05, 3.63) is 54.4 Å². The standard InChI is InChI=1S/C26H32N6O4/c33-24(19-10-11-21-20(15-19)16-30-32-21)29-17-22(31-25(34)18-7-2-1-3-8-18)26(35)36-14-6-13-28-23-9-4-5-12-27-23/h4-5,9-12,15-16,18,22H,1-3,6-8,13-14,17H2,(H,27,28)(H,29,33)(H,30,32)(H,31,34)/t22-/m0/s1. The highest BCUT2D eigenvalue weighted by molar-refractivity contribution is 5.98. The molecule has 0 spiro atoms. The maximum Gasteiger partial charge on any atom is 0.330 e.